The van der Waals surface area contributed by atoms with Gasteiger partial charge in [0.25, 0.3) is 7.82 Å². The molecule has 0 saturated heterocycles. The zero-order chi connectivity index (χ0) is 50.8. The molecule has 0 fully saturated rings. The summed E-state index contributed by atoms with van der Waals surface area (Å²) in [6.45, 7) is 6.50. The average molecular weight is 981 g/mol. The number of carbonyl (C=O) groups excluding carboxylic acids is 2. The van der Waals surface area contributed by atoms with Gasteiger partial charge in [-0.25, -0.2) is 0 Å². The zero-order valence-electron chi connectivity index (χ0n) is 44.7. The summed E-state index contributed by atoms with van der Waals surface area (Å²) in [5.41, 5.74) is 0. The molecule has 3 unspecified atom stereocenters. The number of amides is 1. The molecule has 0 aromatic carbocycles. The molecule has 0 bridgehead atoms. The van der Waals surface area contributed by atoms with Crippen LogP contribution in [0.25, 0.3) is 0 Å². The first-order valence-corrected chi connectivity index (χ1v) is 28.7. The van der Waals surface area contributed by atoms with Gasteiger partial charge in [-0.05, 0) is 83.1 Å². The number of phosphoric ester groups is 1. The van der Waals surface area contributed by atoms with E-state index in [1.54, 1.807) is 6.08 Å². The van der Waals surface area contributed by atoms with Crippen LogP contribution in [0.1, 0.15) is 201 Å². The molecular weight excluding hydrogens is 880 g/mol. The first-order chi connectivity index (χ1) is 33.4. The molecule has 1 amide bonds. The number of likely N-dealkylation sites (N-methyl/N-ethyl adjacent to an activating group) is 1. The number of carbonyl (C=O) groups is 2. The Hall–Kier alpha value is -3.33. The van der Waals surface area contributed by atoms with Gasteiger partial charge in [0.1, 0.15) is 19.3 Å². The van der Waals surface area contributed by atoms with Crippen molar-refractivity contribution >= 4 is 19.7 Å². The van der Waals surface area contributed by atoms with Gasteiger partial charge >= 0.3 is 5.97 Å². The van der Waals surface area contributed by atoms with Crippen LogP contribution in [0.15, 0.2) is 109 Å². The number of hydrogen-bond acceptors (Lipinski definition) is 7. The summed E-state index contributed by atoms with van der Waals surface area (Å²) in [6, 6.07) is -0.938. The van der Waals surface area contributed by atoms with Gasteiger partial charge in [-0.2, -0.15) is 0 Å². The molecule has 1 N–H and O–H groups in total. The highest BCUT2D eigenvalue weighted by atomic mass is 31.2. The van der Waals surface area contributed by atoms with Crippen molar-refractivity contribution in [3.05, 3.63) is 109 Å². The van der Waals surface area contributed by atoms with Gasteiger partial charge in [-0.3, -0.25) is 14.2 Å². The minimum absolute atomic E-state index is 0.0433. The Balaban J connectivity index is 5.54. The van der Waals surface area contributed by atoms with Gasteiger partial charge in [0.2, 0.25) is 5.91 Å². The first-order valence-electron chi connectivity index (χ1n) is 27.2. The lowest BCUT2D eigenvalue weighted by molar-refractivity contribution is -0.870. The normalized spacial score (nSPS) is 14.7. The third-order valence-corrected chi connectivity index (χ3v) is 12.2. The molecule has 0 radical (unpaired) electrons. The van der Waals surface area contributed by atoms with Crippen molar-refractivity contribution in [1.82, 2.24) is 5.32 Å². The van der Waals surface area contributed by atoms with Crippen molar-refractivity contribution in [3.63, 3.8) is 0 Å². The van der Waals surface area contributed by atoms with Crippen LogP contribution >= 0.6 is 7.82 Å². The monoisotopic (exact) mass is 981 g/mol. The van der Waals surface area contributed by atoms with Gasteiger partial charge in [-0.1, -0.05) is 214 Å². The predicted octanol–water partition coefficient (Wildman–Crippen LogP) is 15.6. The Morgan fingerprint density at radius 3 is 1.55 bits per heavy atom. The predicted molar refractivity (Wildman–Crippen MR) is 293 cm³/mol. The number of unbranched alkanes of at least 4 members (excludes halogenated alkanes) is 17. The van der Waals surface area contributed by atoms with E-state index in [4.69, 9.17) is 13.8 Å². The Kier molecular flexibility index (Phi) is 46.0. The fraction of sp³-hybridized carbons (Fsp3) is 0.661. The molecule has 0 aliphatic heterocycles. The van der Waals surface area contributed by atoms with E-state index < -0.39 is 26.6 Å². The highest BCUT2D eigenvalue weighted by Crippen LogP contribution is 2.38. The van der Waals surface area contributed by atoms with Crippen molar-refractivity contribution in [1.29, 1.82) is 0 Å². The van der Waals surface area contributed by atoms with E-state index in [0.29, 0.717) is 23.9 Å². The minimum atomic E-state index is -4.72. The lowest BCUT2D eigenvalue weighted by Crippen LogP contribution is -2.47. The van der Waals surface area contributed by atoms with Crippen molar-refractivity contribution in [2.24, 2.45) is 0 Å². The number of allylic oxidation sites excluding steroid dienone is 17. The number of nitrogens with one attached hydrogen (secondary N) is 1. The molecule has 0 aromatic rings. The summed E-state index contributed by atoms with van der Waals surface area (Å²) in [6.07, 6.45) is 65.0. The highest BCUT2D eigenvalue weighted by Gasteiger charge is 2.27. The maximum Gasteiger partial charge on any atom is 0.306 e. The fourth-order valence-electron chi connectivity index (χ4n) is 7.10. The van der Waals surface area contributed by atoms with E-state index in [1.165, 1.54) is 70.6 Å². The van der Waals surface area contributed by atoms with Crippen LogP contribution in [0.5, 0.6) is 0 Å². The van der Waals surface area contributed by atoms with E-state index in [9.17, 15) is 19.0 Å². The SMILES string of the molecule is CC/C=C/C=C/C=C/CCCCCCCCCC(=O)OC(/C=C/CCCCCCCCCCCC)C(COP(=O)([O-])OCC[N+](C)(C)C)NC(=O)CC/C=C/C/C=C/C/C=C/C/C=C/C/C=C/CC. The van der Waals surface area contributed by atoms with Crippen LogP contribution in [-0.4, -0.2) is 69.4 Å². The van der Waals surface area contributed by atoms with Gasteiger partial charge in [0.05, 0.1) is 33.8 Å². The largest absolute Gasteiger partial charge is 0.756 e. The van der Waals surface area contributed by atoms with E-state index in [2.05, 4.69) is 111 Å². The molecule has 3 atom stereocenters. The number of hydrogen-bond donors (Lipinski definition) is 1. The molecule has 69 heavy (non-hydrogen) atoms. The standard InChI is InChI=1S/C59H101N2O7P/c1-7-10-13-16-19-22-25-28-30-32-33-36-39-42-45-48-51-58(62)60-56(55-67-69(64,65)66-54-53-61(4,5)6)57(50-47-44-41-38-35-27-24-21-18-15-12-9-3)68-59(63)52-49-46-43-40-37-34-31-29-26-23-20-17-14-11-8-2/h10-11,13-14,17,19-20,22-23,26,28,30,33,36,42,45,47,50,56-57H,7-9,12,15-16,18,21,24-25,27,29,31-32,34-35,37-41,43-44,46,48-49,51-55H2,1-6H3,(H-,60,62,64,65)/b13-10+,14-11+,20-17+,22-19+,26-23+,30-28+,36-33+,45-42+,50-47+. The van der Waals surface area contributed by atoms with Crippen LogP contribution < -0.4 is 10.2 Å². The second-order valence-electron chi connectivity index (χ2n) is 19.0. The van der Waals surface area contributed by atoms with Gasteiger partial charge in [0.15, 0.2) is 0 Å². The summed E-state index contributed by atoms with van der Waals surface area (Å²) in [7, 11) is 1.11. The second-order valence-corrected chi connectivity index (χ2v) is 20.4. The maximum atomic E-state index is 13.4. The Morgan fingerprint density at radius 2 is 1.01 bits per heavy atom. The molecule has 9 nitrogen and oxygen atoms in total. The lowest BCUT2D eigenvalue weighted by Gasteiger charge is -2.30. The Labute approximate surface area is 423 Å². The summed E-state index contributed by atoms with van der Waals surface area (Å²) in [5, 5.41) is 2.96. The van der Waals surface area contributed by atoms with E-state index in [-0.39, 0.29) is 31.3 Å². The quantitative estimate of drug-likeness (QED) is 0.0161. The first kappa shape index (κ1) is 65.7. The molecule has 0 heterocycles. The van der Waals surface area contributed by atoms with Crippen molar-refractivity contribution in [3.8, 4) is 0 Å². The van der Waals surface area contributed by atoms with Crippen molar-refractivity contribution in [2.45, 2.75) is 213 Å². The number of rotatable bonds is 47. The van der Waals surface area contributed by atoms with Crippen LogP contribution in [0.2, 0.25) is 0 Å². The van der Waals surface area contributed by atoms with Crippen LogP contribution in [0.3, 0.4) is 0 Å². The smallest absolute Gasteiger partial charge is 0.306 e. The van der Waals surface area contributed by atoms with Crippen molar-refractivity contribution in [2.75, 3.05) is 40.9 Å². The topological polar surface area (TPSA) is 114 Å². The fourth-order valence-corrected chi connectivity index (χ4v) is 7.82. The molecule has 0 rings (SSSR count). The lowest BCUT2D eigenvalue weighted by atomic mass is 10.1. The zero-order valence-corrected chi connectivity index (χ0v) is 45.6. The second kappa shape index (κ2) is 48.3. The molecule has 394 valence electrons. The van der Waals surface area contributed by atoms with Crippen LogP contribution in [0, 0.1) is 0 Å². The number of esters is 1. The van der Waals surface area contributed by atoms with Gasteiger partial charge < -0.3 is 28.5 Å². The average Bonchev–Trinajstić information content (AvgIpc) is 3.31. The molecular formula is C59H101N2O7P. The van der Waals surface area contributed by atoms with Crippen molar-refractivity contribution < 1.29 is 37.3 Å². The summed E-state index contributed by atoms with van der Waals surface area (Å²) < 4.78 is 30.1. The summed E-state index contributed by atoms with van der Waals surface area (Å²) >= 11 is 0. The van der Waals surface area contributed by atoms with E-state index in [0.717, 1.165) is 83.5 Å². The molecule has 0 spiro atoms. The number of nitrogens with zero attached hydrogens (tertiary/aromatic N) is 1. The van der Waals surface area contributed by atoms with E-state index >= 15 is 0 Å². The molecule has 10 heteroatoms. The molecule has 0 saturated carbocycles. The van der Waals surface area contributed by atoms with E-state index in [1.807, 2.05) is 39.4 Å². The number of ether oxygens (including phenoxy) is 1. The molecule has 0 aromatic heterocycles. The summed E-state index contributed by atoms with van der Waals surface area (Å²) in [4.78, 5) is 39.7. The third-order valence-electron chi connectivity index (χ3n) is 11.3. The van der Waals surface area contributed by atoms with Gasteiger partial charge in [0, 0.05) is 12.8 Å². The molecule has 0 aliphatic rings. The maximum absolute atomic E-state index is 13.4. The van der Waals surface area contributed by atoms with Crippen LogP contribution in [0.4, 0.5) is 0 Å². The number of phosphoric acid groups is 1. The van der Waals surface area contributed by atoms with Crippen LogP contribution in [-0.2, 0) is 27.9 Å². The Bertz CT molecular complexity index is 1550. The number of quaternary nitrogens is 1. The molecule has 0 aliphatic carbocycles. The van der Waals surface area contributed by atoms with Gasteiger partial charge in [-0.15, -0.1) is 0 Å². The highest BCUT2D eigenvalue weighted by molar-refractivity contribution is 7.45. The Morgan fingerprint density at radius 1 is 0.536 bits per heavy atom. The minimum Gasteiger partial charge on any atom is -0.756 e. The summed E-state index contributed by atoms with van der Waals surface area (Å²) in [5.74, 6) is -0.662. The third kappa shape index (κ3) is 49.4.